The second-order valence-electron chi connectivity index (χ2n) is 2.99. The summed E-state index contributed by atoms with van der Waals surface area (Å²) in [5.41, 5.74) is 0. The molecule has 2 heteroatoms. The Labute approximate surface area is 79.5 Å². The topological polar surface area (TPSA) is 18.5 Å². The van der Waals surface area contributed by atoms with Crippen molar-refractivity contribution in [1.29, 1.82) is 0 Å². The maximum absolute atomic E-state index is 5.47. The standard InChI is InChI=1S/C11H15O2/c1-4-12-10-6-5-7-11(8-10)13-9(2)3/h5-6,8-9H,4H2,1-3H3. The van der Waals surface area contributed by atoms with Gasteiger partial charge in [-0.2, -0.15) is 0 Å². The fraction of sp³-hybridized carbons (Fsp3) is 0.455. The molecule has 0 aliphatic carbocycles. The maximum Gasteiger partial charge on any atom is 0.131 e. The highest BCUT2D eigenvalue weighted by Crippen LogP contribution is 2.19. The molecular formula is C11H15O2. The predicted molar refractivity (Wildman–Crippen MR) is 52.2 cm³/mol. The second kappa shape index (κ2) is 4.75. The summed E-state index contributed by atoms with van der Waals surface area (Å²) in [7, 11) is 0. The summed E-state index contributed by atoms with van der Waals surface area (Å²) < 4.78 is 10.8. The number of rotatable bonds is 4. The Bertz CT molecular complexity index is 256. The molecule has 0 aliphatic heterocycles. The Morgan fingerprint density at radius 3 is 2.85 bits per heavy atom. The molecule has 0 heterocycles. The quantitative estimate of drug-likeness (QED) is 0.707. The zero-order valence-corrected chi connectivity index (χ0v) is 8.33. The Kier molecular flexibility index (Phi) is 3.62. The summed E-state index contributed by atoms with van der Waals surface area (Å²) in [6, 6.07) is 8.53. The van der Waals surface area contributed by atoms with Crippen molar-refractivity contribution < 1.29 is 9.47 Å². The number of ether oxygens (including phenoxy) is 2. The van der Waals surface area contributed by atoms with E-state index in [2.05, 4.69) is 6.07 Å². The zero-order chi connectivity index (χ0) is 9.68. The van der Waals surface area contributed by atoms with Gasteiger partial charge in [0, 0.05) is 12.1 Å². The Morgan fingerprint density at radius 1 is 1.46 bits per heavy atom. The third-order valence-electron chi connectivity index (χ3n) is 1.42. The van der Waals surface area contributed by atoms with Crippen LogP contribution in [0.4, 0.5) is 0 Å². The van der Waals surface area contributed by atoms with Gasteiger partial charge < -0.3 is 9.47 Å². The summed E-state index contributed by atoms with van der Waals surface area (Å²) >= 11 is 0. The lowest BCUT2D eigenvalue weighted by Crippen LogP contribution is -2.05. The first kappa shape index (κ1) is 9.90. The van der Waals surface area contributed by atoms with Gasteiger partial charge in [0.15, 0.2) is 0 Å². The van der Waals surface area contributed by atoms with Gasteiger partial charge in [-0.3, -0.25) is 0 Å². The molecule has 0 saturated heterocycles. The minimum Gasteiger partial charge on any atom is -0.494 e. The molecule has 0 bridgehead atoms. The van der Waals surface area contributed by atoms with Gasteiger partial charge in [0.25, 0.3) is 0 Å². The van der Waals surface area contributed by atoms with E-state index in [0.717, 1.165) is 11.5 Å². The summed E-state index contributed by atoms with van der Waals surface area (Å²) in [6.45, 7) is 6.60. The normalized spacial score (nSPS) is 10.2. The van der Waals surface area contributed by atoms with E-state index in [4.69, 9.17) is 9.47 Å². The van der Waals surface area contributed by atoms with E-state index in [1.165, 1.54) is 0 Å². The fourth-order valence-electron chi connectivity index (χ4n) is 1.00. The van der Waals surface area contributed by atoms with Gasteiger partial charge in [-0.15, -0.1) is 0 Å². The average molecular weight is 179 g/mol. The van der Waals surface area contributed by atoms with Crippen molar-refractivity contribution in [1.82, 2.24) is 0 Å². The Balaban J connectivity index is 2.67. The number of benzene rings is 1. The van der Waals surface area contributed by atoms with Crippen molar-refractivity contribution in [3.63, 3.8) is 0 Å². The van der Waals surface area contributed by atoms with Gasteiger partial charge in [-0.05, 0) is 32.9 Å². The van der Waals surface area contributed by atoms with Crippen molar-refractivity contribution in [3.8, 4) is 11.5 Å². The lowest BCUT2D eigenvalue weighted by molar-refractivity contribution is 0.240. The van der Waals surface area contributed by atoms with Crippen molar-refractivity contribution in [2.45, 2.75) is 26.9 Å². The van der Waals surface area contributed by atoms with Gasteiger partial charge in [0.05, 0.1) is 12.7 Å². The summed E-state index contributed by atoms with van der Waals surface area (Å²) in [5.74, 6) is 1.57. The van der Waals surface area contributed by atoms with Crippen LogP contribution in [0, 0.1) is 6.07 Å². The Morgan fingerprint density at radius 2 is 2.23 bits per heavy atom. The molecule has 1 radical (unpaired) electrons. The summed E-state index contributed by atoms with van der Waals surface area (Å²) in [6.07, 6.45) is 0.174. The van der Waals surface area contributed by atoms with Gasteiger partial charge in [0.1, 0.15) is 11.5 Å². The van der Waals surface area contributed by atoms with Gasteiger partial charge >= 0.3 is 0 Å². The van der Waals surface area contributed by atoms with Crippen LogP contribution in [0.2, 0.25) is 0 Å². The van der Waals surface area contributed by atoms with Crippen LogP contribution < -0.4 is 9.47 Å². The summed E-state index contributed by atoms with van der Waals surface area (Å²) in [4.78, 5) is 0. The third-order valence-corrected chi connectivity index (χ3v) is 1.42. The molecule has 0 unspecified atom stereocenters. The van der Waals surface area contributed by atoms with Crippen LogP contribution >= 0.6 is 0 Å². The third kappa shape index (κ3) is 3.36. The molecule has 1 aromatic carbocycles. The first-order chi connectivity index (χ1) is 6.22. The van der Waals surface area contributed by atoms with E-state index in [9.17, 15) is 0 Å². The van der Waals surface area contributed by atoms with E-state index < -0.39 is 0 Å². The predicted octanol–water partition coefficient (Wildman–Crippen LogP) is 2.67. The monoisotopic (exact) mass is 179 g/mol. The molecule has 0 aromatic heterocycles. The molecule has 0 saturated carbocycles. The van der Waals surface area contributed by atoms with Crippen LogP contribution in [0.15, 0.2) is 18.2 Å². The van der Waals surface area contributed by atoms with Crippen LogP contribution in [-0.2, 0) is 0 Å². The van der Waals surface area contributed by atoms with Crippen molar-refractivity contribution in [2.24, 2.45) is 0 Å². The molecule has 13 heavy (non-hydrogen) atoms. The molecule has 1 rings (SSSR count). The van der Waals surface area contributed by atoms with Crippen LogP contribution in [-0.4, -0.2) is 12.7 Å². The lowest BCUT2D eigenvalue weighted by atomic mass is 10.3. The molecule has 0 atom stereocenters. The highest BCUT2D eigenvalue weighted by molar-refractivity contribution is 5.31. The molecule has 0 N–H and O–H groups in total. The Hall–Kier alpha value is -1.18. The number of hydrogen-bond donors (Lipinski definition) is 0. The molecular weight excluding hydrogens is 164 g/mol. The maximum atomic E-state index is 5.47. The lowest BCUT2D eigenvalue weighted by Gasteiger charge is -2.10. The zero-order valence-electron chi connectivity index (χ0n) is 8.33. The smallest absolute Gasteiger partial charge is 0.131 e. The van der Waals surface area contributed by atoms with Crippen LogP contribution in [0.1, 0.15) is 20.8 Å². The van der Waals surface area contributed by atoms with E-state index in [0.29, 0.717) is 6.61 Å². The molecule has 1 aromatic rings. The van der Waals surface area contributed by atoms with E-state index >= 15 is 0 Å². The van der Waals surface area contributed by atoms with E-state index in [1.54, 1.807) is 0 Å². The molecule has 2 nitrogen and oxygen atoms in total. The molecule has 0 spiro atoms. The number of hydrogen-bond acceptors (Lipinski definition) is 2. The molecule has 71 valence electrons. The van der Waals surface area contributed by atoms with Crippen molar-refractivity contribution >= 4 is 0 Å². The minimum absolute atomic E-state index is 0.174. The second-order valence-corrected chi connectivity index (χ2v) is 2.99. The van der Waals surface area contributed by atoms with Crippen LogP contribution in [0.3, 0.4) is 0 Å². The summed E-state index contributed by atoms with van der Waals surface area (Å²) in [5, 5.41) is 0. The van der Waals surface area contributed by atoms with E-state index in [-0.39, 0.29) is 6.10 Å². The highest BCUT2D eigenvalue weighted by Gasteiger charge is 1.99. The molecule has 0 amide bonds. The first-order valence-electron chi connectivity index (χ1n) is 4.53. The largest absolute Gasteiger partial charge is 0.494 e. The van der Waals surface area contributed by atoms with Gasteiger partial charge in [-0.25, -0.2) is 0 Å². The van der Waals surface area contributed by atoms with Crippen LogP contribution in [0.5, 0.6) is 11.5 Å². The van der Waals surface area contributed by atoms with Crippen molar-refractivity contribution in [3.05, 3.63) is 24.3 Å². The fourth-order valence-corrected chi connectivity index (χ4v) is 1.00. The highest BCUT2D eigenvalue weighted by atomic mass is 16.5. The SMILES string of the molecule is CCOc1cc[c]c(OC(C)C)c1. The van der Waals surface area contributed by atoms with Gasteiger partial charge in [0.2, 0.25) is 0 Å². The molecule has 0 aliphatic rings. The van der Waals surface area contributed by atoms with Crippen LogP contribution in [0.25, 0.3) is 0 Å². The van der Waals surface area contributed by atoms with Gasteiger partial charge in [-0.1, -0.05) is 0 Å². The minimum atomic E-state index is 0.174. The molecule has 0 fully saturated rings. The van der Waals surface area contributed by atoms with Crippen molar-refractivity contribution in [2.75, 3.05) is 6.61 Å². The first-order valence-corrected chi connectivity index (χ1v) is 4.53. The average Bonchev–Trinajstić information content (AvgIpc) is 2.04. The van der Waals surface area contributed by atoms with E-state index in [1.807, 2.05) is 39.0 Å².